The molecule has 1 aliphatic carbocycles. The number of aliphatic hydroxyl groups excluding tert-OH is 1. The summed E-state index contributed by atoms with van der Waals surface area (Å²) in [5, 5.41) is 15.4. The van der Waals surface area contributed by atoms with Crippen molar-refractivity contribution in [1.29, 1.82) is 0 Å². The highest BCUT2D eigenvalue weighted by Crippen LogP contribution is 2.37. The molecular weight excluding hydrogens is 326 g/mol. The molecule has 0 aliphatic heterocycles. The van der Waals surface area contributed by atoms with Crippen molar-refractivity contribution in [3.05, 3.63) is 59.9 Å². The lowest BCUT2D eigenvalue weighted by Crippen LogP contribution is -2.46. The number of rotatable bonds is 3. The van der Waals surface area contributed by atoms with E-state index in [1.807, 2.05) is 49.4 Å². The number of aliphatic hydroxyl groups is 1. The normalized spacial score (nSPS) is 21.5. The first kappa shape index (κ1) is 18.0. The largest absolute Gasteiger partial charge is 0.396 e. The quantitative estimate of drug-likeness (QED) is 0.745. The molecule has 1 aromatic heterocycles. The van der Waals surface area contributed by atoms with Gasteiger partial charge in [-0.3, -0.25) is 0 Å². The molecule has 0 spiro atoms. The second-order valence-electron chi connectivity index (χ2n) is 6.90. The second-order valence-corrected chi connectivity index (χ2v) is 6.90. The molecule has 1 aliphatic rings. The van der Waals surface area contributed by atoms with E-state index < -0.39 is 0 Å². The van der Waals surface area contributed by atoms with Crippen molar-refractivity contribution in [3.8, 4) is 11.8 Å². The van der Waals surface area contributed by atoms with Gasteiger partial charge in [0.2, 0.25) is 0 Å². The first-order chi connectivity index (χ1) is 12.6. The van der Waals surface area contributed by atoms with Crippen molar-refractivity contribution >= 4 is 11.7 Å². The summed E-state index contributed by atoms with van der Waals surface area (Å²) in [4.78, 5) is 16.5. The molecule has 2 unspecified atom stereocenters. The van der Waals surface area contributed by atoms with E-state index in [-0.39, 0.29) is 24.1 Å². The minimum Gasteiger partial charge on any atom is -0.396 e. The van der Waals surface area contributed by atoms with Crippen molar-refractivity contribution in [2.75, 3.05) is 11.9 Å². The Morgan fingerprint density at radius 1 is 1.31 bits per heavy atom. The van der Waals surface area contributed by atoms with Crippen LogP contribution in [0.2, 0.25) is 0 Å². The van der Waals surface area contributed by atoms with E-state index in [9.17, 15) is 9.90 Å². The van der Waals surface area contributed by atoms with Crippen LogP contribution in [0.5, 0.6) is 0 Å². The standard InChI is InChI=1S/C21H23N3O2/c1-21(15-25)12-5-9-19(21)24-20(26)23-18-8-4-6-16(14-18)10-11-17-7-2-3-13-22-17/h2-4,6-8,13-14,19,25H,5,9,12,15H2,1H3,(H2,23,24,26). The molecule has 1 aromatic carbocycles. The van der Waals surface area contributed by atoms with Crippen LogP contribution >= 0.6 is 0 Å². The van der Waals surface area contributed by atoms with Crippen LogP contribution in [-0.4, -0.2) is 28.8 Å². The van der Waals surface area contributed by atoms with Gasteiger partial charge in [-0.1, -0.05) is 31.4 Å². The molecule has 1 fully saturated rings. The number of aromatic nitrogens is 1. The average Bonchev–Trinajstić information content (AvgIpc) is 3.02. The third-order valence-electron chi connectivity index (χ3n) is 4.87. The molecular formula is C21H23N3O2. The number of urea groups is 1. The van der Waals surface area contributed by atoms with Crippen molar-refractivity contribution < 1.29 is 9.90 Å². The summed E-state index contributed by atoms with van der Waals surface area (Å²) in [6.45, 7) is 2.09. The molecule has 1 saturated carbocycles. The van der Waals surface area contributed by atoms with E-state index in [4.69, 9.17) is 0 Å². The van der Waals surface area contributed by atoms with Gasteiger partial charge in [-0.2, -0.15) is 0 Å². The maximum atomic E-state index is 12.3. The van der Waals surface area contributed by atoms with Gasteiger partial charge >= 0.3 is 6.03 Å². The Balaban J connectivity index is 1.64. The zero-order valence-corrected chi connectivity index (χ0v) is 14.8. The molecule has 26 heavy (non-hydrogen) atoms. The molecule has 1 heterocycles. The number of carbonyl (C=O) groups excluding carboxylic acids is 1. The van der Waals surface area contributed by atoms with Crippen LogP contribution in [0.4, 0.5) is 10.5 Å². The Labute approximate surface area is 153 Å². The number of benzene rings is 1. The summed E-state index contributed by atoms with van der Waals surface area (Å²) in [6, 6.07) is 12.7. The van der Waals surface area contributed by atoms with Crippen LogP contribution in [0.15, 0.2) is 48.7 Å². The van der Waals surface area contributed by atoms with Crippen molar-refractivity contribution in [2.45, 2.75) is 32.2 Å². The number of anilines is 1. The van der Waals surface area contributed by atoms with Crippen LogP contribution < -0.4 is 10.6 Å². The highest BCUT2D eigenvalue weighted by molar-refractivity contribution is 5.89. The van der Waals surface area contributed by atoms with E-state index in [0.717, 1.165) is 24.8 Å². The minimum absolute atomic E-state index is 0.0142. The van der Waals surface area contributed by atoms with E-state index in [2.05, 4.69) is 27.5 Å². The maximum Gasteiger partial charge on any atom is 0.319 e. The Morgan fingerprint density at radius 2 is 2.19 bits per heavy atom. The Hall–Kier alpha value is -2.84. The Morgan fingerprint density at radius 3 is 2.96 bits per heavy atom. The molecule has 0 radical (unpaired) electrons. The molecule has 0 saturated heterocycles. The Bertz CT molecular complexity index is 826. The second kappa shape index (κ2) is 8.03. The lowest BCUT2D eigenvalue weighted by molar-refractivity contribution is 0.122. The van der Waals surface area contributed by atoms with Crippen LogP contribution in [-0.2, 0) is 0 Å². The molecule has 2 atom stereocenters. The minimum atomic E-state index is -0.258. The van der Waals surface area contributed by atoms with Gasteiger partial charge < -0.3 is 15.7 Å². The van der Waals surface area contributed by atoms with Gasteiger partial charge in [0.05, 0.1) is 6.61 Å². The third-order valence-corrected chi connectivity index (χ3v) is 4.87. The lowest BCUT2D eigenvalue weighted by atomic mass is 9.86. The van der Waals surface area contributed by atoms with Crippen LogP contribution in [0.1, 0.15) is 37.4 Å². The summed E-state index contributed by atoms with van der Waals surface area (Å²) in [5.41, 5.74) is 1.94. The van der Waals surface area contributed by atoms with Crippen molar-refractivity contribution in [1.82, 2.24) is 10.3 Å². The number of nitrogens with one attached hydrogen (secondary N) is 2. The van der Waals surface area contributed by atoms with Crippen LogP contribution in [0, 0.1) is 17.3 Å². The molecule has 0 bridgehead atoms. The monoisotopic (exact) mass is 349 g/mol. The van der Waals surface area contributed by atoms with Crippen molar-refractivity contribution in [2.24, 2.45) is 5.41 Å². The fourth-order valence-electron chi connectivity index (χ4n) is 3.24. The zero-order valence-electron chi connectivity index (χ0n) is 14.8. The first-order valence-corrected chi connectivity index (χ1v) is 8.80. The summed E-state index contributed by atoms with van der Waals surface area (Å²) in [6.07, 6.45) is 4.53. The first-order valence-electron chi connectivity index (χ1n) is 8.80. The molecule has 3 rings (SSSR count). The number of hydrogen-bond acceptors (Lipinski definition) is 3. The molecule has 5 heteroatoms. The number of carbonyl (C=O) groups is 1. The predicted molar refractivity (Wildman–Crippen MR) is 102 cm³/mol. The average molecular weight is 349 g/mol. The molecule has 2 aromatic rings. The third kappa shape index (κ3) is 4.41. The Kier molecular flexibility index (Phi) is 5.55. The number of hydrogen-bond donors (Lipinski definition) is 3. The maximum absolute atomic E-state index is 12.3. The van der Waals surface area contributed by atoms with E-state index in [1.54, 1.807) is 6.20 Å². The van der Waals surface area contributed by atoms with Gasteiger partial charge in [0.15, 0.2) is 0 Å². The fraction of sp³-hybridized carbons (Fsp3) is 0.333. The highest BCUT2D eigenvalue weighted by Gasteiger charge is 2.39. The molecule has 2 amide bonds. The van der Waals surface area contributed by atoms with Gasteiger partial charge in [0.25, 0.3) is 0 Å². The van der Waals surface area contributed by atoms with E-state index >= 15 is 0 Å². The van der Waals surface area contributed by atoms with Gasteiger partial charge in [-0.15, -0.1) is 0 Å². The summed E-state index contributed by atoms with van der Waals surface area (Å²) < 4.78 is 0. The molecule has 134 valence electrons. The predicted octanol–water partition coefficient (Wildman–Crippen LogP) is 3.15. The molecule has 5 nitrogen and oxygen atoms in total. The van der Waals surface area contributed by atoms with Gasteiger partial charge in [-0.25, -0.2) is 9.78 Å². The summed E-state index contributed by atoms with van der Waals surface area (Å²) >= 11 is 0. The van der Waals surface area contributed by atoms with E-state index in [1.165, 1.54) is 0 Å². The fourth-order valence-corrected chi connectivity index (χ4v) is 3.24. The number of nitrogens with zero attached hydrogens (tertiary/aromatic N) is 1. The molecule has 3 N–H and O–H groups in total. The van der Waals surface area contributed by atoms with Crippen LogP contribution in [0.25, 0.3) is 0 Å². The van der Waals surface area contributed by atoms with Gasteiger partial charge in [0, 0.05) is 28.9 Å². The summed E-state index contributed by atoms with van der Waals surface area (Å²) in [5.74, 6) is 6.05. The highest BCUT2D eigenvalue weighted by atomic mass is 16.3. The van der Waals surface area contributed by atoms with Crippen LogP contribution in [0.3, 0.4) is 0 Å². The zero-order chi connectivity index (χ0) is 18.4. The van der Waals surface area contributed by atoms with Gasteiger partial charge in [0.1, 0.15) is 5.69 Å². The number of amides is 2. The van der Waals surface area contributed by atoms with Crippen molar-refractivity contribution in [3.63, 3.8) is 0 Å². The smallest absolute Gasteiger partial charge is 0.319 e. The van der Waals surface area contributed by atoms with E-state index in [0.29, 0.717) is 11.4 Å². The summed E-state index contributed by atoms with van der Waals surface area (Å²) in [7, 11) is 0. The lowest BCUT2D eigenvalue weighted by Gasteiger charge is -2.30. The number of pyridine rings is 1. The topological polar surface area (TPSA) is 74.2 Å². The van der Waals surface area contributed by atoms with Gasteiger partial charge in [-0.05, 0) is 49.1 Å². The SMILES string of the molecule is CC1(CO)CCCC1NC(=O)Nc1cccc(C#Cc2ccccn2)c1.